The number of aliphatic carboxylic acids is 1. The number of carboxylic acids is 1. The summed E-state index contributed by atoms with van der Waals surface area (Å²) in [7, 11) is 0. The second kappa shape index (κ2) is 8.64. The summed E-state index contributed by atoms with van der Waals surface area (Å²) in [6.07, 6.45) is 13.4. The van der Waals surface area contributed by atoms with Crippen molar-refractivity contribution in [2.45, 2.75) is 83.0 Å². The van der Waals surface area contributed by atoms with Gasteiger partial charge in [0.1, 0.15) is 0 Å². The van der Waals surface area contributed by atoms with Crippen molar-refractivity contribution in [1.29, 1.82) is 0 Å². The van der Waals surface area contributed by atoms with Gasteiger partial charge in [-0.15, -0.1) is 0 Å². The van der Waals surface area contributed by atoms with E-state index in [1.54, 1.807) is 0 Å². The van der Waals surface area contributed by atoms with Crippen molar-refractivity contribution in [1.82, 2.24) is 0 Å². The fourth-order valence-electron chi connectivity index (χ4n) is 4.54. The number of ketones is 1. The zero-order chi connectivity index (χ0) is 17.6. The molecule has 0 bridgehead atoms. The molecule has 2 aliphatic carbocycles. The van der Waals surface area contributed by atoms with Gasteiger partial charge in [-0.25, -0.2) is 0 Å². The highest BCUT2D eigenvalue weighted by Gasteiger charge is 2.29. The van der Waals surface area contributed by atoms with Crippen molar-refractivity contribution in [3.05, 3.63) is 34.9 Å². The first-order valence-corrected chi connectivity index (χ1v) is 10.0. The van der Waals surface area contributed by atoms with Crippen LogP contribution in [0.15, 0.2) is 18.2 Å². The van der Waals surface area contributed by atoms with Gasteiger partial charge in [-0.3, -0.25) is 9.59 Å². The molecule has 1 fully saturated rings. The van der Waals surface area contributed by atoms with Crippen LogP contribution in [0.25, 0.3) is 0 Å². The Kier molecular flexibility index (Phi) is 6.28. The van der Waals surface area contributed by atoms with Gasteiger partial charge in [0.2, 0.25) is 0 Å². The summed E-state index contributed by atoms with van der Waals surface area (Å²) in [6, 6.07) is 6.36. The maximum atomic E-state index is 12.6. The van der Waals surface area contributed by atoms with Gasteiger partial charge in [-0.05, 0) is 42.7 Å². The second-order valence-corrected chi connectivity index (χ2v) is 7.86. The summed E-state index contributed by atoms with van der Waals surface area (Å²) in [5.41, 5.74) is 3.30. The predicted molar refractivity (Wildman–Crippen MR) is 99.1 cm³/mol. The summed E-state index contributed by atoms with van der Waals surface area (Å²) in [4.78, 5) is 23.5. The smallest absolute Gasteiger partial charge is 0.304 e. The molecule has 0 amide bonds. The number of hydrogen-bond donors (Lipinski definition) is 1. The Morgan fingerprint density at radius 1 is 0.960 bits per heavy atom. The minimum absolute atomic E-state index is 0.0288. The highest BCUT2D eigenvalue weighted by atomic mass is 16.4. The summed E-state index contributed by atoms with van der Waals surface area (Å²) in [5, 5.41) is 8.99. The zero-order valence-electron chi connectivity index (χ0n) is 15.1. The molecule has 1 aromatic rings. The van der Waals surface area contributed by atoms with Gasteiger partial charge in [-0.2, -0.15) is 0 Å². The third kappa shape index (κ3) is 4.71. The molecule has 136 valence electrons. The van der Waals surface area contributed by atoms with Crippen LogP contribution in [-0.4, -0.2) is 16.9 Å². The number of hydrogen-bond acceptors (Lipinski definition) is 2. The van der Waals surface area contributed by atoms with Crippen molar-refractivity contribution in [2.75, 3.05) is 0 Å². The maximum Gasteiger partial charge on any atom is 0.304 e. The third-order valence-electron chi connectivity index (χ3n) is 6.03. The predicted octanol–water partition coefficient (Wildman–Crippen LogP) is 5.51. The van der Waals surface area contributed by atoms with Crippen LogP contribution in [0.2, 0.25) is 0 Å². The Morgan fingerprint density at radius 3 is 2.24 bits per heavy atom. The van der Waals surface area contributed by atoms with Crippen LogP contribution >= 0.6 is 0 Å². The second-order valence-electron chi connectivity index (χ2n) is 7.86. The Bertz CT molecular complexity index is 610. The number of carbonyl (C=O) groups excluding carboxylic acids is 1. The average molecular weight is 342 g/mol. The minimum Gasteiger partial charge on any atom is -0.481 e. The van der Waals surface area contributed by atoms with E-state index >= 15 is 0 Å². The van der Waals surface area contributed by atoms with E-state index in [9.17, 15) is 9.59 Å². The minimum atomic E-state index is -0.875. The van der Waals surface area contributed by atoms with Crippen LogP contribution in [0.1, 0.15) is 98.0 Å². The number of rotatable bonds is 3. The van der Waals surface area contributed by atoms with E-state index in [-0.39, 0.29) is 18.1 Å². The first kappa shape index (κ1) is 18.2. The summed E-state index contributed by atoms with van der Waals surface area (Å²) in [5.74, 6) is -0.569. The Morgan fingerprint density at radius 2 is 1.60 bits per heavy atom. The molecular weight excluding hydrogens is 312 g/mol. The van der Waals surface area contributed by atoms with Crippen molar-refractivity contribution >= 4 is 11.8 Å². The van der Waals surface area contributed by atoms with Crippen LogP contribution in [0, 0.1) is 5.92 Å². The molecule has 0 aliphatic heterocycles. The van der Waals surface area contributed by atoms with Crippen molar-refractivity contribution < 1.29 is 14.7 Å². The van der Waals surface area contributed by atoms with E-state index in [0.29, 0.717) is 12.3 Å². The summed E-state index contributed by atoms with van der Waals surface area (Å²) < 4.78 is 0. The third-order valence-corrected chi connectivity index (χ3v) is 6.03. The molecule has 1 atom stereocenters. The van der Waals surface area contributed by atoms with Crippen LogP contribution in [0.4, 0.5) is 0 Å². The first-order valence-electron chi connectivity index (χ1n) is 10.0. The number of Topliss-reactive ketones (excluding diaryl/α,β-unsaturated/α-hetero) is 1. The van der Waals surface area contributed by atoms with E-state index in [2.05, 4.69) is 12.1 Å². The Hall–Kier alpha value is -1.64. The lowest BCUT2D eigenvalue weighted by molar-refractivity contribution is -0.137. The highest BCUT2D eigenvalue weighted by Crippen LogP contribution is 2.34. The number of benzene rings is 1. The van der Waals surface area contributed by atoms with Crippen LogP contribution in [0.5, 0.6) is 0 Å². The molecule has 1 N–H and O–H groups in total. The Labute approximate surface area is 150 Å². The lowest BCUT2D eigenvalue weighted by Crippen LogP contribution is -2.25. The Balaban J connectivity index is 1.74. The molecule has 0 radical (unpaired) electrons. The van der Waals surface area contributed by atoms with E-state index in [1.165, 1.54) is 63.4 Å². The molecule has 0 spiro atoms. The standard InChI is InChI=1S/C22H30O3/c23-21(24)15-19-11-10-18-14-17(12-13-20(18)22(19)25)16-8-6-4-2-1-3-5-7-9-16/h12-14,16,19H,1-11,15H2,(H,23,24). The van der Waals surface area contributed by atoms with Gasteiger partial charge in [0.25, 0.3) is 0 Å². The number of aryl methyl sites for hydroxylation is 1. The van der Waals surface area contributed by atoms with E-state index in [1.807, 2.05) is 6.07 Å². The fraction of sp³-hybridized carbons (Fsp3) is 0.636. The molecule has 3 heteroatoms. The maximum absolute atomic E-state index is 12.6. The molecule has 1 aromatic carbocycles. The number of carboxylic acid groups (broad SMARTS) is 1. The molecule has 2 aliphatic rings. The van der Waals surface area contributed by atoms with Crippen LogP contribution in [0.3, 0.4) is 0 Å². The largest absolute Gasteiger partial charge is 0.481 e. The van der Waals surface area contributed by atoms with Gasteiger partial charge in [-0.1, -0.05) is 63.1 Å². The van der Waals surface area contributed by atoms with Crippen molar-refractivity contribution in [3.8, 4) is 0 Å². The van der Waals surface area contributed by atoms with Gasteiger partial charge < -0.3 is 5.11 Å². The molecule has 3 nitrogen and oxygen atoms in total. The monoisotopic (exact) mass is 342 g/mol. The summed E-state index contributed by atoms with van der Waals surface area (Å²) in [6.45, 7) is 0. The topological polar surface area (TPSA) is 54.4 Å². The molecule has 0 aromatic heterocycles. The molecule has 1 saturated carbocycles. The van der Waals surface area contributed by atoms with Crippen molar-refractivity contribution in [3.63, 3.8) is 0 Å². The molecule has 0 heterocycles. The summed E-state index contributed by atoms with van der Waals surface area (Å²) >= 11 is 0. The number of carbonyl (C=O) groups is 2. The van der Waals surface area contributed by atoms with Gasteiger partial charge in [0.15, 0.2) is 5.78 Å². The molecule has 1 unspecified atom stereocenters. The average Bonchev–Trinajstić information content (AvgIpc) is 2.61. The normalized spacial score (nSPS) is 23.0. The molecule has 25 heavy (non-hydrogen) atoms. The van der Waals surface area contributed by atoms with Gasteiger partial charge in [0, 0.05) is 11.5 Å². The lowest BCUT2D eigenvalue weighted by atomic mass is 9.78. The number of fused-ring (bicyclic) bond motifs is 1. The van der Waals surface area contributed by atoms with Crippen LogP contribution < -0.4 is 0 Å². The quantitative estimate of drug-likeness (QED) is 0.787. The molecule has 0 saturated heterocycles. The highest BCUT2D eigenvalue weighted by molar-refractivity contribution is 6.01. The zero-order valence-corrected chi connectivity index (χ0v) is 15.1. The van der Waals surface area contributed by atoms with Crippen LogP contribution in [-0.2, 0) is 11.2 Å². The van der Waals surface area contributed by atoms with Gasteiger partial charge in [0.05, 0.1) is 6.42 Å². The lowest BCUT2D eigenvalue weighted by Gasteiger charge is -2.25. The first-order chi connectivity index (χ1) is 12.1. The van der Waals surface area contributed by atoms with E-state index in [4.69, 9.17) is 5.11 Å². The van der Waals surface area contributed by atoms with E-state index < -0.39 is 5.97 Å². The molecule has 3 rings (SSSR count). The van der Waals surface area contributed by atoms with E-state index in [0.717, 1.165) is 17.5 Å². The van der Waals surface area contributed by atoms with Crippen molar-refractivity contribution in [2.24, 2.45) is 5.92 Å². The molecular formula is C22H30O3. The fourth-order valence-corrected chi connectivity index (χ4v) is 4.54. The SMILES string of the molecule is O=C(O)CC1CCc2cc(C3CCCCCCCCC3)ccc2C1=O. The van der Waals surface area contributed by atoms with Gasteiger partial charge >= 0.3 is 5.97 Å².